The average Bonchev–Trinajstić information content (AvgIpc) is 2.30. The highest BCUT2D eigenvalue weighted by molar-refractivity contribution is 9.10. The molecule has 1 nitrogen and oxygen atoms in total. The Morgan fingerprint density at radius 3 is 2.43 bits per heavy atom. The maximum absolute atomic E-state index is 12.3. The van der Waals surface area contributed by atoms with Crippen LogP contribution < -0.4 is 5.32 Å². The third-order valence-corrected chi connectivity index (χ3v) is 4.19. The van der Waals surface area contributed by atoms with Gasteiger partial charge in [-0.05, 0) is 50.8 Å². The number of alkyl halides is 3. The second-order valence-corrected chi connectivity index (χ2v) is 8.04. The van der Waals surface area contributed by atoms with Crippen LogP contribution in [0.2, 0.25) is 0 Å². The molecular formula is C15H21BrF3NS. The van der Waals surface area contributed by atoms with E-state index in [-0.39, 0.29) is 29.0 Å². The minimum absolute atomic E-state index is 0.0541. The van der Waals surface area contributed by atoms with Gasteiger partial charge in [0.1, 0.15) is 0 Å². The van der Waals surface area contributed by atoms with Crippen LogP contribution in [0, 0.1) is 0 Å². The van der Waals surface area contributed by atoms with Gasteiger partial charge in [-0.1, -0.05) is 39.8 Å². The SMILES string of the molecule is CC(C)(C)NCC(CCSC(F)(F)F)c1cccc(Br)c1. The van der Waals surface area contributed by atoms with E-state index in [0.29, 0.717) is 13.0 Å². The molecule has 0 spiro atoms. The van der Waals surface area contributed by atoms with E-state index in [1.165, 1.54) is 0 Å². The molecular weight excluding hydrogens is 363 g/mol. The predicted molar refractivity (Wildman–Crippen MR) is 87.8 cm³/mol. The fourth-order valence-electron chi connectivity index (χ4n) is 1.89. The Bertz CT molecular complexity index is 443. The van der Waals surface area contributed by atoms with Crippen molar-refractivity contribution in [2.24, 2.45) is 0 Å². The first-order valence-corrected chi connectivity index (χ1v) is 8.56. The third-order valence-electron chi connectivity index (χ3n) is 2.93. The average molecular weight is 384 g/mol. The highest BCUT2D eigenvalue weighted by Crippen LogP contribution is 2.33. The summed E-state index contributed by atoms with van der Waals surface area (Å²) in [5.74, 6) is 0.142. The van der Waals surface area contributed by atoms with Gasteiger partial charge in [0.25, 0.3) is 0 Å². The van der Waals surface area contributed by atoms with Crippen LogP contribution in [0.15, 0.2) is 28.7 Å². The summed E-state index contributed by atoms with van der Waals surface area (Å²) in [4.78, 5) is 0. The van der Waals surface area contributed by atoms with Gasteiger partial charge < -0.3 is 5.32 Å². The molecule has 0 saturated heterocycles. The van der Waals surface area contributed by atoms with Crippen LogP contribution in [0.1, 0.15) is 38.7 Å². The van der Waals surface area contributed by atoms with Gasteiger partial charge in [-0.25, -0.2) is 0 Å². The third kappa shape index (κ3) is 8.73. The first kappa shape index (κ1) is 18.8. The van der Waals surface area contributed by atoms with E-state index in [1.54, 1.807) is 0 Å². The molecule has 0 aliphatic carbocycles. The zero-order valence-electron chi connectivity index (χ0n) is 12.4. The van der Waals surface area contributed by atoms with E-state index in [9.17, 15) is 13.2 Å². The molecule has 1 N–H and O–H groups in total. The first-order chi connectivity index (χ1) is 9.57. The van der Waals surface area contributed by atoms with E-state index >= 15 is 0 Å². The summed E-state index contributed by atoms with van der Waals surface area (Å²) in [5, 5.41) is 3.38. The molecule has 1 aromatic rings. The molecule has 0 heterocycles. The Labute approximate surface area is 137 Å². The summed E-state index contributed by atoms with van der Waals surface area (Å²) in [6.45, 7) is 6.82. The molecule has 0 saturated carbocycles. The van der Waals surface area contributed by atoms with Crippen molar-refractivity contribution in [3.05, 3.63) is 34.3 Å². The van der Waals surface area contributed by atoms with Crippen LogP contribution in [0.3, 0.4) is 0 Å². The van der Waals surface area contributed by atoms with E-state index < -0.39 is 5.51 Å². The van der Waals surface area contributed by atoms with Crippen molar-refractivity contribution >= 4 is 27.7 Å². The largest absolute Gasteiger partial charge is 0.441 e. The summed E-state index contributed by atoms with van der Waals surface area (Å²) >= 11 is 3.47. The molecule has 1 rings (SSSR count). The van der Waals surface area contributed by atoms with Gasteiger partial charge in [0, 0.05) is 22.3 Å². The summed E-state index contributed by atoms with van der Waals surface area (Å²) in [6.07, 6.45) is 0.490. The van der Waals surface area contributed by atoms with Crippen LogP contribution in [0.25, 0.3) is 0 Å². The summed E-state index contributed by atoms with van der Waals surface area (Å²) < 4.78 is 37.8. The Kier molecular flexibility index (Phi) is 7.07. The predicted octanol–water partition coefficient (Wildman–Crippen LogP) is 5.56. The van der Waals surface area contributed by atoms with Gasteiger partial charge in [-0.3, -0.25) is 0 Å². The Balaban J connectivity index is 2.70. The van der Waals surface area contributed by atoms with E-state index in [1.807, 2.05) is 24.3 Å². The minimum Gasteiger partial charge on any atom is -0.311 e. The number of thioether (sulfide) groups is 1. The molecule has 0 bridgehead atoms. The summed E-state index contributed by atoms with van der Waals surface area (Å²) in [7, 11) is 0. The molecule has 120 valence electrons. The summed E-state index contributed by atoms with van der Waals surface area (Å²) in [6, 6.07) is 7.79. The quantitative estimate of drug-likeness (QED) is 0.689. The van der Waals surface area contributed by atoms with Crippen LogP contribution in [0.5, 0.6) is 0 Å². The van der Waals surface area contributed by atoms with Gasteiger partial charge >= 0.3 is 5.51 Å². The lowest BCUT2D eigenvalue weighted by molar-refractivity contribution is -0.0328. The lowest BCUT2D eigenvalue weighted by Gasteiger charge is -2.26. The van der Waals surface area contributed by atoms with Gasteiger partial charge in [0.2, 0.25) is 0 Å². The van der Waals surface area contributed by atoms with Crippen LogP contribution in [0.4, 0.5) is 13.2 Å². The van der Waals surface area contributed by atoms with Crippen molar-refractivity contribution in [2.45, 2.75) is 44.2 Å². The van der Waals surface area contributed by atoms with Crippen molar-refractivity contribution in [1.82, 2.24) is 5.32 Å². The van der Waals surface area contributed by atoms with E-state index in [0.717, 1.165) is 10.0 Å². The molecule has 0 radical (unpaired) electrons. The highest BCUT2D eigenvalue weighted by Gasteiger charge is 2.28. The Morgan fingerprint density at radius 2 is 1.90 bits per heavy atom. The van der Waals surface area contributed by atoms with Gasteiger partial charge in [-0.15, -0.1) is 0 Å². The second-order valence-electron chi connectivity index (χ2n) is 5.97. The van der Waals surface area contributed by atoms with Gasteiger partial charge in [0.05, 0.1) is 0 Å². The molecule has 0 amide bonds. The van der Waals surface area contributed by atoms with E-state index in [4.69, 9.17) is 0 Å². The first-order valence-electron chi connectivity index (χ1n) is 6.78. The Hall–Kier alpha value is -0.200. The molecule has 0 aliphatic heterocycles. The maximum Gasteiger partial charge on any atom is 0.441 e. The molecule has 0 aliphatic rings. The van der Waals surface area contributed by atoms with Gasteiger partial charge in [0.15, 0.2) is 0 Å². The smallest absolute Gasteiger partial charge is 0.311 e. The normalized spacial score (nSPS) is 14.2. The second kappa shape index (κ2) is 7.88. The van der Waals surface area contributed by atoms with Crippen LogP contribution in [-0.4, -0.2) is 23.3 Å². The molecule has 1 unspecified atom stereocenters. The highest BCUT2D eigenvalue weighted by atomic mass is 79.9. The fraction of sp³-hybridized carbons (Fsp3) is 0.600. The van der Waals surface area contributed by atoms with E-state index in [2.05, 4.69) is 42.0 Å². The van der Waals surface area contributed by atoms with Crippen molar-refractivity contribution < 1.29 is 13.2 Å². The van der Waals surface area contributed by atoms with Gasteiger partial charge in [-0.2, -0.15) is 13.2 Å². The number of nitrogens with one attached hydrogen (secondary N) is 1. The number of rotatable bonds is 6. The number of benzene rings is 1. The Morgan fingerprint density at radius 1 is 1.24 bits per heavy atom. The topological polar surface area (TPSA) is 12.0 Å². The van der Waals surface area contributed by atoms with Crippen molar-refractivity contribution in [3.63, 3.8) is 0 Å². The molecule has 1 atom stereocenters. The van der Waals surface area contributed by atoms with Crippen molar-refractivity contribution in [2.75, 3.05) is 12.3 Å². The molecule has 0 aromatic heterocycles. The molecule has 1 aromatic carbocycles. The lowest BCUT2D eigenvalue weighted by atomic mass is 9.95. The van der Waals surface area contributed by atoms with Crippen LogP contribution >= 0.6 is 27.7 Å². The standard InChI is InChI=1S/C15H21BrF3NS/c1-14(2,3)20-10-12(7-8-21-15(17,18)19)11-5-4-6-13(16)9-11/h4-6,9,12,20H,7-8,10H2,1-3H3. The monoisotopic (exact) mass is 383 g/mol. The summed E-state index contributed by atoms with van der Waals surface area (Å²) in [5.41, 5.74) is -3.15. The van der Waals surface area contributed by atoms with Crippen molar-refractivity contribution in [1.29, 1.82) is 0 Å². The number of halogens is 4. The maximum atomic E-state index is 12.3. The minimum atomic E-state index is -4.15. The molecule has 6 heteroatoms. The lowest BCUT2D eigenvalue weighted by Crippen LogP contribution is -2.38. The zero-order valence-corrected chi connectivity index (χ0v) is 14.8. The number of hydrogen-bond donors (Lipinski definition) is 1. The fourth-order valence-corrected chi connectivity index (χ4v) is 2.94. The zero-order chi connectivity index (χ0) is 16.1. The van der Waals surface area contributed by atoms with Crippen LogP contribution in [-0.2, 0) is 0 Å². The molecule has 0 fully saturated rings. The number of hydrogen-bond acceptors (Lipinski definition) is 2. The molecule has 21 heavy (non-hydrogen) atoms. The van der Waals surface area contributed by atoms with Crippen molar-refractivity contribution in [3.8, 4) is 0 Å².